The quantitative estimate of drug-likeness (QED) is 0.477. The van der Waals surface area contributed by atoms with Crippen LogP contribution in [-0.2, 0) is 12.0 Å². The van der Waals surface area contributed by atoms with Crippen LogP contribution in [0.1, 0.15) is 35.6 Å². The van der Waals surface area contributed by atoms with Crippen molar-refractivity contribution in [2.75, 3.05) is 11.9 Å². The van der Waals surface area contributed by atoms with Gasteiger partial charge in [-0.15, -0.1) is 0 Å². The van der Waals surface area contributed by atoms with Crippen LogP contribution >= 0.6 is 0 Å². The van der Waals surface area contributed by atoms with Gasteiger partial charge in [0.2, 0.25) is 0 Å². The molecule has 8 heteroatoms. The van der Waals surface area contributed by atoms with E-state index >= 15 is 0 Å². The summed E-state index contributed by atoms with van der Waals surface area (Å²) in [6, 6.07) is 11.7. The summed E-state index contributed by atoms with van der Waals surface area (Å²) in [6.07, 6.45) is -2.18. The van der Waals surface area contributed by atoms with Crippen molar-refractivity contribution in [2.45, 2.75) is 32.0 Å². The summed E-state index contributed by atoms with van der Waals surface area (Å²) < 4.78 is 40.3. The van der Waals surface area contributed by atoms with Crippen molar-refractivity contribution in [1.29, 1.82) is 5.26 Å². The predicted molar refractivity (Wildman–Crippen MR) is 112 cm³/mol. The summed E-state index contributed by atoms with van der Waals surface area (Å²) in [7, 11) is 0. The van der Waals surface area contributed by atoms with E-state index in [9.17, 15) is 18.0 Å². The lowest BCUT2D eigenvalue weighted by atomic mass is 9.91. The minimum absolute atomic E-state index is 0.190. The van der Waals surface area contributed by atoms with Crippen molar-refractivity contribution in [3.8, 4) is 17.9 Å². The second-order valence-electron chi connectivity index (χ2n) is 7.49. The van der Waals surface area contributed by atoms with Gasteiger partial charge in [-0.1, -0.05) is 5.92 Å². The summed E-state index contributed by atoms with van der Waals surface area (Å²) >= 11 is 0. The largest absolute Gasteiger partial charge is 0.406 e. The van der Waals surface area contributed by atoms with E-state index in [0.717, 1.165) is 4.57 Å². The minimum Gasteiger partial charge on any atom is -0.373 e. The first-order valence-corrected chi connectivity index (χ1v) is 9.39. The Morgan fingerprint density at radius 2 is 1.97 bits per heavy atom. The molecule has 3 aromatic rings. The number of fused-ring (bicyclic) bond motifs is 1. The van der Waals surface area contributed by atoms with Crippen LogP contribution in [0.5, 0.6) is 0 Å². The first kappa shape index (κ1) is 21.9. The zero-order valence-corrected chi connectivity index (χ0v) is 16.9. The van der Waals surface area contributed by atoms with Crippen LogP contribution in [0.3, 0.4) is 0 Å². The Kier molecular flexibility index (Phi) is 6.03. The van der Waals surface area contributed by atoms with E-state index in [1.165, 1.54) is 18.2 Å². The molecular weight excluding hydrogens is 405 g/mol. The number of nitriles is 1. The number of pyridine rings is 1. The molecule has 0 bridgehead atoms. The third-order valence-electron chi connectivity index (χ3n) is 4.68. The van der Waals surface area contributed by atoms with Gasteiger partial charge in [-0.3, -0.25) is 9.78 Å². The first-order valence-electron chi connectivity index (χ1n) is 9.39. The summed E-state index contributed by atoms with van der Waals surface area (Å²) in [5.74, 6) is 5.60. The zero-order chi connectivity index (χ0) is 22.6. The van der Waals surface area contributed by atoms with Gasteiger partial charge in [-0.05, 0) is 56.2 Å². The average Bonchev–Trinajstić information content (AvgIpc) is 3.06. The molecule has 1 aromatic carbocycles. The van der Waals surface area contributed by atoms with Gasteiger partial charge in [0.25, 0.3) is 0 Å². The molecule has 158 valence electrons. The van der Waals surface area contributed by atoms with Gasteiger partial charge in [0, 0.05) is 16.5 Å². The van der Waals surface area contributed by atoms with Gasteiger partial charge < -0.3 is 9.88 Å². The smallest absolute Gasteiger partial charge is 0.373 e. The number of halogens is 3. The van der Waals surface area contributed by atoms with Crippen LogP contribution in [0.4, 0.5) is 18.9 Å². The molecule has 5 nitrogen and oxygen atoms in total. The zero-order valence-electron chi connectivity index (χ0n) is 16.9. The molecule has 0 aliphatic heterocycles. The van der Waals surface area contributed by atoms with Crippen LogP contribution in [0.2, 0.25) is 0 Å². The third kappa shape index (κ3) is 5.23. The SMILES string of the molecule is CC(C)(C#N)c1ccc(NCC#Cc2cc3cc(C=O)ccc3n2CC(F)(F)F)cn1. The molecule has 0 aliphatic rings. The van der Waals surface area contributed by atoms with Crippen LogP contribution in [0.25, 0.3) is 10.9 Å². The van der Waals surface area contributed by atoms with E-state index in [-0.39, 0.29) is 12.2 Å². The van der Waals surface area contributed by atoms with E-state index in [1.54, 1.807) is 38.2 Å². The number of carbonyl (C=O) groups excluding carboxylic acids is 1. The summed E-state index contributed by atoms with van der Waals surface area (Å²) in [6.45, 7) is 2.56. The van der Waals surface area contributed by atoms with E-state index in [2.05, 4.69) is 28.2 Å². The van der Waals surface area contributed by atoms with Crippen molar-refractivity contribution in [3.63, 3.8) is 0 Å². The normalized spacial score (nSPS) is 11.5. The van der Waals surface area contributed by atoms with Crippen molar-refractivity contribution in [3.05, 3.63) is 59.5 Å². The fraction of sp³-hybridized carbons (Fsp3) is 0.261. The van der Waals surface area contributed by atoms with Gasteiger partial charge in [-0.2, -0.15) is 18.4 Å². The average molecular weight is 424 g/mol. The maximum atomic E-state index is 13.1. The molecule has 2 heterocycles. The molecular formula is C23H19F3N4O. The number of aromatic nitrogens is 2. The fourth-order valence-corrected chi connectivity index (χ4v) is 3.02. The Bertz CT molecular complexity index is 1210. The number of carbonyl (C=O) groups is 1. The Labute approximate surface area is 177 Å². The Balaban J connectivity index is 1.80. The molecule has 3 rings (SSSR count). The molecule has 0 fully saturated rings. The van der Waals surface area contributed by atoms with Crippen molar-refractivity contribution in [1.82, 2.24) is 9.55 Å². The van der Waals surface area contributed by atoms with Gasteiger partial charge in [-0.25, -0.2) is 0 Å². The van der Waals surface area contributed by atoms with Crippen LogP contribution < -0.4 is 5.32 Å². The first-order chi connectivity index (χ1) is 14.6. The Morgan fingerprint density at radius 1 is 1.19 bits per heavy atom. The van der Waals surface area contributed by atoms with Gasteiger partial charge in [0.05, 0.1) is 41.3 Å². The molecule has 0 radical (unpaired) electrons. The van der Waals surface area contributed by atoms with Crippen molar-refractivity contribution in [2.24, 2.45) is 0 Å². The Hall–Kier alpha value is -3.78. The second-order valence-corrected chi connectivity index (χ2v) is 7.49. The highest BCUT2D eigenvalue weighted by atomic mass is 19.4. The van der Waals surface area contributed by atoms with E-state index < -0.39 is 18.1 Å². The minimum atomic E-state index is -4.41. The molecule has 0 unspecified atom stereocenters. The maximum Gasteiger partial charge on any atom is 0.406 e. The van der Waals surface area contributed by atoms with Crippen LogP contribution in [0.15, 0.2) is 42.6 Å². The molecule has 1 N–H and O–H groups in total. The standard InChI is InChI=1S/C23H19F3N4O/c1-22(2,14-27)21-8-6-18(12-29-21)28-9-3-4-19-11-17-10-16(13-31)5-7-20(17)30(19)15-23(24,25)26/h5-8,10-13,28H,9,15H2,1-2H3. The Morgan fingerprint density at radius 3 is 2.58 bits per heavy atom. The number of rotatable bonds is 5. The van der Waals surface area contributed by atoms with Crippen LogP contribution in [-0.4, -0.2) is 28.6 Å². The van der Waals surface area contributed by atoms with Gasteiger partial charge in [0.1, 0.15) is 12.8 Å². The second kappa shape index (κ2) is 8.53. The molecule has 2 aromatic heterocycles. The predicted octanol–water partition coefficient (Wildman–Crippen LogP) is 4.68. The fourth-order valence-electron chi connectivity index (χ4n) is 3.02. The number of nitrogens with one attached hydrogen (secondary N) is 1. The van der Waals surface area contributed by atoms with Crippen LogP contribution in [0, 0.1) is 23.2 Å². The number of aldehydes is 1. The maximum absolute atomic E-state index is 13.1. The molecule has 0 spiro atoms. The monoisotopic (exact) mass is 424 g/mol. The van der Waals surface area contributed by atoms with Gasteiger partial charge in [0.15, 0.2) is 0 Å². The number of hydrogen-bond donors (Lipinski definition) is 1. The van der Waals surface area contributed by atoms with E-state index in [1.807, 2.05) is 0 Å². The van der Waals surface area contributed by atoms with Crippen molar-refractivity contribution >= 4 is 22.9 Å². The third-order valence-corrected chi connectivity index (χ3v) is 4.68. The number of nitrogens with zero attached hydrogens (tertiary/aromatic N) is 3. The molecule has 0 saturated heterocycles. The van der Waals surface area contributed by atoms with Gasteiger partial charge >= 0.3 is 6.18 Å². The summed E-state index contributed by atoms with van der Waals surface area (Å²) in [5, 5.41) is 12.7. The molecule has 0 amide bonds. The molecule has 0 atom stereocenters. The lowest BCUT2D eigenvalue weighted by Crippen LogP contribution is -2.18. The number of anilines is 1. The summed E-state index contributed by atoms with van der Waals surface area (Å²) in [5.41, 5.74) is 1.57. The topological polar surface area (TPSA) is 70.7 Å². The highest BCUT2D eigenvalue weighted by molar-refractivity contribution is 5.89. The molecule has 31 heavy (non-hydrogen) atoms. The highest BCUT2D eigenvalue weighted by Crippen LogP contribution is 2.26. The number of hydrogen-bond acceptors (Lipinski definition) is 4. The highest BCUT2D eigenvalue weighted by Gasteiger charge is 2.29. The lowest BCUT2D eigenvalue weighted by molar-refractivity contribution is -0.140. The van der Waals surface area contributed by atoms with E-state index in [0.29, 0.717) is 34.1 Å². The lowest BCUT2D eigenvalue weighted by Gasteiger charge is -2.14. The summed E-state index contributed by atoms with van der Waals surface area (Å²) in [4.78, 5) is 15.2. The number of alkyl halides is 3. The number of benzene rings is 1. The van der Waals surface area contributed by atoms with Crippen molar-refractivity contribution < 1.29 is 18.0 Å². The molecule has 0 aliphatic carbocycles. The molecule has 0 saturated carbocycles. The van der Waals surface area contributed by atoms with E-state index in [4.69, 9.17) is 5.26 Å².